The molecule has 0 aliphatic carbocycles. The summed E-state index contributed by atoms with van der Waals surface area (Å²) in [5.74, 6) is 0. The van der Waals surface area contributed by atoms with Crippen molar-refractivity contribution in [3.63, 3.8) is 0 Å². The third-order valence-electron chi connectivity index (χ3n) is 14.0. The maximum atomic E-state index is 2.69. The van der Waals surface area contributed by atoms with E-state index < -0.39 is 0 Å². The van der Waals surface area contributed by atoms with Crippen LogP contribution >= 0.6 is 0 Å². The van der Waals surface area contributed by atoms with Crippen LogP contribution in [0.5, 0.6) is 0 Å². The first kappa shape index (κ1) is 39.9. The third-order valence-corrected chi connectivity index (χ3v) is 14.0. The van der Waals surface area contributed by atoms with E-state index in [1.165, 1.54) is 111 Å². The second kappa shape index (κ2) is 12.5. The number of aryl methyl sites for hydroxylation is 1. The van der Waals surface area contributed by atoms with E-state index in [1.807, 2.05) is 0 Å². The Bertz CT molecular complexity index is 3010. The van der Waals surface area contributed by atoms with Crippen molar-refractivity contribution in [2.45, 2.75) is 138 Å². The van der Waals surface area contributed by atoms with Gasteiger partial charge in [0.15, 0.2) is 0 Å². The minimum atomic E-state index is -0.0718. The van der Waals surface area contributed by atoms with Crippen molar-refractivity contribution in [3.05, 3.63) is 130 Å². The van der Waals surface area contributed by atoms with Gasteiger partial charge in [0.05, 0.1) is 28.1 Å². The van der Waals surface area contributed by atoms with E-state index in [-0.39, 0.29) is 33.8 Å². The molecule has 6 aromatic carbocycles. The molecule has 3 aliphatic heterocycles. The monoisotopic (exact) mass is 802 g/mol. The molecule has 0 saturated carbocycles. The average Bonchev–Trinajstić information content (AvgIpc) is 3.49. The molecule has 3 nitrogen and oxygen atoms in total. The molecular formula is C57H64BN3. The van der Waals surface area contributed by atoms with Gasteiger partial charge < -0.3 is 14.4 Å². The van der Waals surface area contributed by atoms with Gasteiger partial charge in [-0.05, 0) is 144 Å². The summed E-state index contributed by atoms with van der Waals surface area (Å²) in [6.45, 7) is 37.6. The van der Waals surface area contributed by atoms with Crippen LogP contribution in [0.3, 0.4) is 0 Å². The van der Waals surface area contributed by atoms with Crippen LogP contribution in [-0.2, 0) is 27.1 Å². The van der Waals surface area contributed by atoms with Crippen molar-refractivity contribution >= 4 is 79.0 Å². The molecule has 7 aromatic rings. The third kappa shape index (κ3) is 5.90. The predicted octanol–water partition coefficient (Wildman–Crippen LogP) is 14.0. The van der Waals surface area contributed by atoms with E-state index in [9.17, 15) is 0 Å². The lowest BCUT2D eigenvalue weighted by Crippen LogP contribution is -2.62. The zero-order chi connectivity index (χ0) is 43.7. The van der Waals surface area contributed by atoms with Gasteiger partial charge in [-0.25, -0.2) is 0 Å². The van der Waals surface area contributed by atoms with Crippen molar-refractivity contribution < 1.29 is 0 Å². The number of fused-ring (bicyclic) bond motifs is 9. The summed E-state index contributed by atoms with van der Waals surface area (Å²) in [5, 5.41) is 2.67. The fraction of sp³-hybridized carbons (Fsp3) is 0.368. The maximum Gasteiger partial charge on any atom is 0.252 e. The van der Waals surface area contributed by atoms with E-state index >= 15 is 0 Å². The second-order valence-corrected chi connectivity index (χ2v) is 23.8. The summed E-state index contributed by atoms with van der Waals surface area (Å²) >= 11 is 0. The molecule has 0 atom stereocenters. The summed E-state index contributed by atoms with van der Waals surface area (Å²) in [5.41, 5.74) is 23.6. The Morgan fingerprint density at radius 2 is 0.934 bits per heavy atom. The van der Waals surface area contributed by atoms with Crippen LogP contribution in [0.4, 0.5) is 34.1 Å². The van der Waals surface area contributed by atoms with Gasteiger partial charge in [-0.1, -0.05) is 140 Å². The number of nitrogens with zero attached hydrogens (tertiary/aromatic N) is 3. The molecule has 0 saturated heterocycles. The standard InChI is InChI=1S/C57H64BN3/c1-33-24-46-50-47(25-33)61-48-31-37(56(11,12)13)28-41-40-27-35(54(5,6)7)21-23-44(40)60(51(41)48)49-32-38(57(14,15)16)29-43(52(49)61)58(50)42-22-20-36(55(8,9)10)30-45(42)59(46)39-19-17-18-34(26-39)53(2,3)4/h17-32H,1-16H3. The molecule has 0 radical (unpaired) electrons. The van der Waals surface area contributed by atoms with Gasteiger partial charge in [-0.15, -0.1) is 0 Å². The van der Waals surface area contributed by atoms with Crippen LogP contribution in [0, 0.1) is 6.92 Å². The number of rotatable bonds is 1. The molecule has 3 aliphatic rings. The van der Waals surface area contributed by atoms with Crippen LogP contribution in [0.2, 0.25) is 0 Å². The zero-order valence-electron chi connectivity index (χ0n) is 39.7. The van der Waals surface area contributed by atoms with Crippen LogP contribution < -0.4 is 26.2 Å². The van der Waals surface area contributed by atoms with Crippen LogP contribution in [0.25, 0.3) is 27.5 Å². The highest BCUT2D eigenvalue weighted by Gasteiger charge is 2.47. The Balaban J connectivity index is 1.39. The first-order valence-electron chi connectivity index (χ1n) is 22.6. The van der Waals surface area contributed by atoms with E-state index in [1.54, 1.807) is 0 Å². The molecule has 0 bridgehead atoms. The first-order chi connectivity index (χ1) is 28.3. The molecule has 0 spiro atoms. The van der Waals surface area contributed by atoms with Crippen LogP contribution in [0.1, 0.15) is 137 Å². The number of benzene rings is 6. The molecule has 4 heteroatoms. The molecule has 10 rings (SSSR count). The van der Waals surface area contributed by atoms with Gasteiger partial charge in [0.1, 0.15) is 0 Å². The quantitative estimate of drug-likeness (QED) is 0.153. The van der Waals surface area contributed by atoms with Crippen molar-refractivity contribution in [3.8, 4) is 5.69 Å². The Hall–Kier alpha value is -5.22. The van der Waals surface area contributed by atoms with Gasteiger partial charge in [-0.2, -0.15) is 0 Å². The molecule has 4 heterocycles. The maximum absolute atomic E-state index is 2.69. The van der Waals surface area contributed by atoms with Crippen molar-refractivity contribution in [1.82, 2.24) is 4.57 Å². The summed E-state index contributed by atoms with van der Waals surface area (Å²) in [7, 11) is 0. The number of anilines is 6. The molecule has 0 unspecified atom stereocenters. The predicted molar refractivity (Wildman–Crippen MR) is 267 cm³/mol. The van der Waals surface area contributed by atoms with Crippen LogP contribution in [0.15, 0.2) is 97.1 Å². The molecule has 1 aromatic heterocycles. The SMILES string of the molecule is Cc1cc2c3c(c1)N1c4c(cc(C(C)(C)C)cc4-n4c5ccc(C(C)(C)C)cc5c5cc(C(C)(C)C)cc1c54)B3c1ccc(C(C)(C)C)cc1N2c1cccc(C(C)(C)C)c1. The van der Waals surface area contributed by atoms with Crippen LogP contribution in [-0.4, -0.2) is 11.3 Å². The van der Waals surface area contributed by atoms with Gasteiger partial charge in [-0.3, -0.25) is 0 Å². The minimum Gasteiger partial charge on any atom is -0.311 e. The molecule has 61 heavy (non-hydrogen) atoms. The molecular weight excluding hydrogens is 737 g/mol. The largest absolute Gasteiger partial charge is 0.311 e. The van der Waals surface area contributed by atoms with Gasteiger partial charge in [0.2, 0.25) is 0 Å². The topological polar surface area (TPSA) is 11.4 Å². The van der Waals surface area contributed by atoms with E-state index in [0.29, 0.717) is 0 Å². The van der Waals surface area contributed by atoms with E-state index in [0.717, 1.165) is 0 Å². The molecule has 0 amide bonds. The van der Waals surface area contributed by atoms with Gasteiger partial charge >= 0.3 is 0 Å². The Labute approximate surface area is 365 Å². The highest BCUT2D eigenvalue weighted by molar-refractivity contribution is 7.00. The fourth-order valence-electron chi connectivity index (χ4n) is 10.4. The lowest BCUT2D eigenvalue weighted by Gasteiger charge is -2.47. The lowest BCUT2D eigenvalue weighted by molar-refractivity contribution is 0.589. The normalized spacial score (nSPS) is 14.8. The number of hydrogen-bond acceptors (Lipinski definition) is 2. The van der Waals surface area contributed by atoms with E-state index in [2.05, 4.69) is 222 Å². The highest BCUT2D eigenvalue weighted by atomic mass is 15.2. The van der Waals surface area contributed by atoms with Gasteiger partial charge in [0.25, 0.3) is 6.71 Å². The van der Waals surface area contributed by atoms with Gasteiger partial charge in [0, 0.05) is 33.5 Å². The molecule has 0 fully saturated rings. The van der Waals surface area contributed by atoms with Crippen molar-refractivity contribution in [2.75, 3.05) is 9.80 Å². The second-order valence-electron chi connectivity index (χ2n) is 23.8. The fourth-order valence-corrected chi connectivity index (χ4v) is 10.4. The lowest BCUT2D eigenvalue weighted by atomic mass is 9.33. The first-order valence-corrected chi connectivity index (χ1v) is 22.6. The summed E-state index contributed by atoms with van der Waals surface area (Å²) in [6.07, 6.45) is 0. The Kier molecular flexibility index (Phi) is 8.15. The summed E-state index contributed by atoms with van der Waals surface area (Å²) in [4.78, 5) is 5.30. The highest BCUT2D eigenvalue weighted by Crippen LogP contribution is 2.54. The average molecular weight is 802 g/mol. The smallest absolute Gasteiger partial charge is 0.252 e. The Morgan fingerprint density at radius 1 is 0.410 bits per heavy atom. The Morgan fingerprint density at radius 3 is 1.57 bits per heavy atom. The van der Waals surface area contributed by atoms with Crippen molar-refractivity contribution in [2.24, 2.45) is 0 Å². The number of aromatic nitrogens is 1. The number of hydrogen-bond donors (Lipinski definition) is 0. The summed E-state index contributed by atoms with van der Waals surface area (Å²) < 4.78 is 2.64. The van der Waals surface area contributed by atoms with Crippen molar-refractivity contribution in [1.29, 1.82) is 0 Å². The van der Waals surface area contributed by atoms with E-state index in [4.69, 9.17) is 0 Å². The minimum absolute atomic E-state index is 0.0111. The molecule has 310 valence electrons. The summed E-state index contributed by atoms with van der Waals surface area (Å²) in [6, 6.07) is 39.1. The molecule has 0 N–H and O–H groups in total. The zero-order valence-corrected chi connectivity index (χ0v) is 39.7.